The Bertz CT molecular complexity index is 433. The highest BCUT2D eigenvalue weighted by atomic mass is 16.2. The van der Waals surface area contributed by atoms with Crippen LogP contribution in [-0.4, -0.2) is 40.8 Å². The van der Waals surface area contributed by atoms with E-state index in [4.69, 9.17) is 0 Å². The van der Waals surface area contributed by atoms with Crippen LogP contribution < -0.4 is 5.32 Å². The number of piperazine rings is 1. The minimum Gasteiger partial charge on any atom is -0.353 e. The molecule has 1 aliphatic rings. The molecule has 2 amide bonds. The Kier molecular flexibility index (Phi) is 3.92. The van der Waals surface area contributed by atoms with Crippen molar-refractivity contribution in [3.63, 3.8) is 0 Å². The van der Waals surface area contributed by atoms with Gasteiger partial charge in [-0.1, -0.05) is 6.07 Å². The molecule has 1 fully saturated rings. The van der Waals surface area contributed by atoms with E-state index in [9.17, 15) is 9.59 Å². The van der Waals surface area contributed by atoms with Crippen LogP contribution in [0.3, 0.4) is 0 Å². The molecule has 1 aromatic rings. The predicted molar refractivity (Wildman–Crippen MR) is 66.7 cm³/mol. The Morgan fingerprint density at radius 1 is 1.61 bits per heavy atom. The fourth-order valence-corrected chi connectivity index (χ4v) is 2.06. The SMILES string of the molecule is CC1C(=O)NCCN1C(=O)CCc1cccnc1. The number of amides is 2. The van der Waals surface area contributed by atoms with Crippen LogP contribution in [-0.2, 0) is 16.0 Å². The molecule has 5 heteroatoms. The van der Waals surface area contributed by atoms with Gasteiger partial charge in [0.2, 0.25) is 11.8 Å². The van der Waals surface area contributed by atoms with Crippen molar-refractivity contribution >= 4 is 11.8 Å². The van der Waals surface area contributed by atoms with Crippen molar-refractivity contribution in [3.05, 3.63) is 30.1 Å². The molecule has 0 radical (unpaired) electrons. The number of nitrogens with zero attached hydrogens (tertiary/aromatic N) is 2. The lowest BCUT2D eigenvalue weighted by Crippen LogP contribution is -2.55. The van der Waals surface area contributed by atoms with E-state index in [1.54, 1.807) is 24.2 Å². The second-order valence-electron chi connectivity index (χ2n) is 4.42. The molecule has 1 aliphatic heterocycles. The molecule has 2 rings (SSSR count). The predicted octanol–water partition coefficient (Wildman–Crippen LogP) is 0.361. The van der Waals surface area contributed by atoms with Crippen LogP contribution in [0.25, 0.3) is 0 Å². The van der Waals surface area contributed by atoms with Crippen LogP contribution in [0.5, 0.6) is 0 Å². The molecule has 96 valence electrons. The number of hydrogen-bond acceptors (Lipinski definition) is 3. The molecule has 5 nitrogen and oxygen atoms in total. The third kappa shape index (κ3) is 2.85. The smallest absolute Gasteiger partial charge is 0.242 e. The van der Waals surface area contributed by atoms with Crippen LogP contribution in [0.2, 0.25) is 0 Å². The average molecular weight is 247 g/mol. The van der Waals surface area contributed by atoms with Crippen molar-refractivity contribution in [3.8, 4) is 0 Å². The van der Waals surface area contributed by atoms with Gasteiger partial charge in [-0.05, 0) is 25.0 Å². The van der Waals surface area contributed by atoms with Crippen molar-refractivity contribution < 1.29 is 9.59 Å². The maximum Gasteiger partial charge on any atom is 0.242 e. The molecule has 0 saturated carbocycles. The molecule has 1 unspecified atom stereocenters. The molecule has 1 aromatic heterocycles. The van der Waals surface area contributed by atoms with Crippen molar-refractivity contribution in [2.45, 2.75) is 25.8 Å². The van der Waals surface area contributed by atoms with Crippen LogP contribution in [0.1, 0.15) is 18.9 Å². The first-order valence-corrected chi connectivity index (χ1v) is 6.14. The van der Waals surface area contributed by atoms with Crippen LogP contribution in [0, 0.1) is 0 Å². The first kappa shape index (κ1) is 12.5. The molecule has 1 atom stereocenters. The van der Waals surface area contributed by atoms with E-state index in [1.807, 2.05) is 12.1 Å². The Morgan fingerprint density at radius 2 is 2.44 bits per heavy atom. The Balaban J connectivity index is 1.90. The standard InChI is InChI=1S/C13H17N3O2/c1-10-13(18)15-7-8-16(10)12(17)5-4-11-3-2-6-14-9-11/h2-3,6,9-10H,4-5,7-8H2,1H3,(H,15,18). The number of pyridine rings is 1. The summed E-state index contributed by atoms with van der Waals surface area (Å²) in [6.07, 6.45) is 4.56. The van der Waals surface area contributed by atoms with Gasteiger partial charge in [0, 0.05) is 31.9 Å². The Hall–Kier alpha value is -1.91. The maximum absolute atomic E-state index is 12.1. The zero-order valence-electron chi connectivity index (χ0n) is 10.4. The first-order chi connectivity index (χ1) is 8.68. The number of carbonyl (C=O) groups is 2. The molecule has 18 heavy (non-hydrogen) atoms. The van der Waals surface area contributed by atoms with E-state index in [0.717, 1.165) is 5.56 Å². The van der Waals surface area contributed by atoms with Crippen molar-refractivity contribution in [1.29, 1.82) is 0 Å². The zero-order valence-corrected chi connectivity index (χ0v) is 10.4. The molecule has 2 heterocycles. The number of carbonyl (C=O) groups excluding carboxylic acids is 2. The number of hydrogen-bond donors (Lipinski definition) is 1. The number of aromatic nitrogens is 1. The van der Waals surface area contributed by atoms with Gasteiger partial charge in [-0.15, -0.1) is 0 Å². The fraction of sp³-hybridized carbons (Fsp3) is 0.462. The summed E-state index contributed by atoms with van der Waals surface area (Å²) < 4.78 is 0. The topological polar surface area (TPSA) is 62.3 Å². The lowest BCUT2D eigenvalue weighted by molar-refractivity contribution is -0.142. The number of rotatable bonds is 3. The minimum absolute atomic E-state index is 0.0289. The maximum atomic E-state index is 12.1. The molecule has 0 bridgehead atoms. The summed E-state index contributed by atoms with van der Waals surface area (Å²) >= 11 is 0. The molecular formula is C13H17N3O2. The number of aryl methyl sites for hydroxylation is 1. The minimum atomic E-state index is -0.361. The highest BCUT2D eigenvalue weighted by Crippen LogP contribution is 2.09. The molecule has 0 aliphatic carbocycles. The van der Waals surface area contributed by atoms with E-state index in [-0.39, 0.29) is 17.9 Å². The first-order valence-electron chi connectivity index (χ1n) is 6.14. The Labute approximate surface area is 106 Å². The summed E-state index contributed by atoms with van der Waals surface area (Å²) in [6.45, 7) is 2.90. The second-order valence-corrected chi connectivity index (χ2v) is 4.42. The quantitative estimate of drug-likeness (QED) is 0.839. The monoisotopic (exact) mass is 247 g/mol. The highest BCUT2D eigenvalue weighted by Gasteiger charge is 2.28. The van der Waals surface area contributed by atoms with Crippen LogP contribution >= 0.6 is 0 Å². The van der Waals surface area contributed by atoms with E-state index < -0.39 is 0 Å². The van der Waals surface area contributed by atoms with E-state index >= 15 is 0 Å². The van der Waals surface area contributed by atoms with Gasteiger partial charge in [0.25, 0.3) is 0 Å². The van der Waals surface area contributed by atoms with Gasteiger partial charge in [0.05, 0.1) is 0 Å². The van der Waals surface area contributed by atoms with Gasteiger partial charge in [0.1, 0.15) is 6.04 Å². The largest absolute Gasteiger partial charge is 0.353 e. The Morgan fingerprint density at radius 3 is 3.17 bits per heavy atom. The summed E-state index contributed by atoms with van der Waals surface area (Å²) in [5, 5.41) is 2.75. The van der Waals surface area contributed by atoms with Gasteiger partial charge in [-0.2, -0.15) is 0 Å². The van der Waals surface area contributed by atoms with E-state index in [2.05, 4.69) is 10.3 Å². The van der Waals surface area contributed by atoms with Gasteiger partial charge in [0.15, 0.2) is 0 Å². The number of nitrogens with one attached hydrogen (secondary N) is 1. The summed E-state index contributed by atoms with van der Waals surface area (Å²) in [7, 11) is 0. The van der Waals surface area contributed by atoms with Crippen molar-refractivity contribution in [2.75, 3.05) is 13.1 Å². The van der Waals surface area contributed by atoms with Gasteiger partial charge in [-0.3, -0.25) is 14.6 Å². The van der Waals surface area contributed by atoms with Crippen LogP contribution in [0.4, 0.5) is 0 Å². The molecule has 0 aromatic carbocycles. The summed E-state index contributed by atoms with van der Waals surface area (Å²) in [5.74, 6) is -0.0443. The third-order valence-electron chi connectivity index (χ3n) is 3.17. The summed E-state index contributed by atoms with van der Waals surface area (Å²) in [6, 6.07) is 3.45. The summed E-state index contributed by atoms with van der Waals surface area (Å²) in [4.78, 5) is 29.2. The molecular weight excluding hydrogens is 230 g/mol. The van der Waals surface area contributed by atoms with Gasteiger partial charge in [-0.25, -0.2) is 0 Å². The van der Waals surface area contributed by atoms with Crippen molar-refractivity contribution in [1.82, 2.24) is 15.2 Å². The van der Waals surface area contributed by atoms with E-state index in [1.165, 1.54) is 0 Å². The van der Waals surface area contributed by atoms with Crippen molar-refractivity contribution in [2.24, 2.45) is 0 Å². The highest BCUT2D eigenvalue weighted by molar-refractivity contribution is 5.88. The van der Waals surface area contributed by atoms with Crippen LogP contribution in [0.15, 0.2) is 24.5 Å². The van der Waals surface area contributed by atoms with Gasteiger partial charge >= 0.3 is 0 Å². The molecule has 1 saturated heterocycles. The second kappa shape index (κ2) is 5.62. The fourth-order valence-electron chi connectivity index (χ4n) is 2.06. The normalized spacial score (nSPS) is 19.5. The zero-order chi connectivity index (χ0) is 13.0. The van der Waals surface area contributed by atoms with E-state index in [0.29, 0.717) is 25.9 Å². The summed E-state index contributed by atoms with van der Waals surface area (Å²) in [5.41, 5.74) is 1.04. The molecule has 0 spiro atoms. The lowest BCUT2D eigenvalue weighted by Gasteiger charge is -2.32. The van der Waals surface area contributed by atoms with Gasteiger partial charge < -0.3 is 10.2 Å². The molecule has 1 N–H and O–H groups in total. The average Bonchev–Trinajstić information content (AvgIpc) is 2.40. The third-order valence-corrected chi connectivity index (χ3v) is 3.17. The lowest BCUT2D eigenvalue weighted by atomic mass is 10.1.